The van der Waals surface area contributed by atoms with Gasteiger partial charge in [-0.25, -0.2) is 0 Å². The summed E-state index contributed by atoms with van der Waals surface area (Å²) >= 11 is 0. The van der Waals surface area contributed by atoms with Gasteiger partial charge in [-0.2, -0.15) is 0 Å². The zero-order valence-corrected chi connectivity index (χ0v) is 19.4. The molecule has 6 heteroatoms. The molecule has 0 N–H and O–H groups in total. The maximum atomic E-state index is 13.5. The van der Waals surface area contributed by atoms with Crippen LogP contribution in [0.15, 0.2) is 91.0 Å². The van der Waals surface area contributed by atoms with Crippen molar-refractivity contribution in [1.29, 1.82) is 0 Å². The molecule has 0 spiro atoms. The predicted octanol–water partition coefficient (Wildman–Crippen LogP) is 4.25. The molecule has 0 bridgehead atoms. The Labute approximate surface area is 199 Å². The van der Waals surface area contributed by atoms with Crippen molar-refractivity contribution in [1.82, 2.24) is 4.90 Å². The van der Waals surface area contributed by atoms with E-state index in [0.29, 0.717) is 11.1 Å². The maximum absolute atomic E-state index is 13.5. The van der Waals surface area contributed by atoms with Crippen LogP contribution in [0.4, 0.5) is 0 Å². The molecule has 1 amide bonds. The third-order valence-corrected chi connectivity index (χ3v) is 6.42. The van der Waals surface area contributed by atoms with E-state index < -0.39 is 29.5 Å². The normalized spacial score (nSPS) is 18.6. The van der Waals surface area contributed by atoms with Gasteiger partial charge in [-0.3, -0.25) is 14.4 Å². The van der Waals surface area contributed by atoms with Crippen LogP contribution in [0.2, 0.25) is 0 Å². The first-order valence-electron chi connectivity index (χ1n) is 11.2. The van der Waals surface area contributed by atoms with Crippen LogP contribution in [0, 0.1) is 5.92 Å². The molecule has 3 aromatic rings. The van der Waals surface area contributed by atoms with Crippen molar-refractivity contribution in [3.8, 4) is 0 Å². The minimum absolute atomic E-state index is 0.364. The molecule has 0 unspecified atom stereocenters. The third kappa shape index (κ3) is 3.85. The Morgan fingerprint density at radius 3 is 1.76 bits per heavy atom. The van der Waals surface area contributed by atoms with Crippen molar-refractivity contribution in [3.63, 3.8) is 0 Å². The van der Waals surface area contributed by atoms with Crippen LogP contribution in [0.5, 0.6) is 0 Å². The van der Waals surface area contributed by atoms with E-state index >= 15 is 0 Å². The van der Waals surface area contributed by atoms with Gasteiger partial charge in [0, 0.05) is 18.1 Å². The fourth-order valence-electron chi connectivity index (χ4n) is 4.91. The summed E-state index contributed by atoms with van der Waals surface area (Å²) in [5.74, 6) is -2.68. The van der Waals surface area contributed by atoms with E-state index in [9.17, 15) is 14.4 Å². The van der Waals surface area contributed by atoms with Gasteiger partial charge >= 0.3 is 11.9 Å². The number of benzene rings is 3. The predicted molar refractivity (Wildman–Crippen MR) is 126 cm³/mol. The quantitative estimate of drug-likeness (QED) is 0.301. The average molecular weight is 458 g/mol. The number of amides is 1. The summed E-state index contributed by atoms with van der Waals surface area (Å²) in [6.07, 6.45) is 0. The number of esters is 2. The zero-order valence-electron chi connectivity index (χ0n) is 19.4. The molecule has 3 atom stereocenters. The van der Waals surface area contributed by atoms with E-state index in [0.717, 1.165) is 5.56 Å². The summed E-state index contributed by atoms with van der Waals surface area (Å²) in [5, 5.41) is 0. The number of hydrogen-bond donors (Lipinski definition) is 0. The van der Waals surface area contributed by atoms with E-state index in [1.54, 1.807) is 4.90 Å². The number of ether oxygens (including phenoxy) is 2. The van der Waals surface area contributed by atoms with Gasteiger partial charge in [-0.05, 0) is 12.5 Å². The van der Waals surface area contributed by atoms with Gasteiger partial charge in [0.2, 0.25) is 5.91 Å². The molecule has 0 radical (unpaired) electrons. The second kappa shape index (κ2) is 9.51. The van der Waals surface area contributed by atoms with Gasteiger partial charge in [0.1, 0.15) is 6.04 Å². The molecule has 1 fully saturated rings. The van der Waals surface area contributed by atoms with Gasteiger partial charge < -0.3 is 14.4 Å². The van der Waals surface area contributed by atoms with E-state index in [2.05, 4.69) is 0 Å². The monoisotopic (exact) mass is 457 g/mol. The highest BCUT2D eigenvalue weighted by molar-refractivity contribution is 6.04. The van der Waals surface area contributed by atoms with Crippen LogP contribution in [-0.4, -0.2) is 35.9 Å². The molecule has 1 aliphatic heterocycles. The highest BCUT2D eigenvalue weighted by Crippen LogP contribution is 2.50. The molecule has 0 saturated carbocycles. The maximum Gasteiger partial charge on any atom is 0.320 e. The number of rotatable bonds is 7. The number of likely N-dealkylation sites (tertiary alicyclic amines) is 1. The summed E-state index contributed by atoms with van der Waals surface area (Å²) < 4.78 is 11.2. The molecule has 1 heterocycles. The first-order chi connectivity index (χ1) is 16.4. The molecule has 4 rings (SSSR count). The van der Waals surface area contributed by atoms with Crippen LogP contribution < -0.4 is 0 Å². The number of nitrogens with zero attached hydrogens (tertiary/aromatic N) is 1. The van der Waals surface area contributed by atoms with Gasteiger partial charge in [0.05, 0.1) is 13.2 Å². The van der Waals surface area contributed by atoms with Crippen molar-refractivity contribution < 1.29 is 23.9 Å². The van der Waals surface area contributed by atoms with E-state index in [1.807, 2.05) is 97.9 Å². The van der Waals surface area contributed by atoms with Crippen molar-refractivity contribution in [2.45, 2.75) is 31.5 Å². The molecule has 3 aromatic carbocycles. The van der Waals surface area contributed by atoms with Crippen LogP contribution >= 0.6 is 0 Å². The van der Waals surface area contributed by atoms with Crippen molar-refractivity contribution in [2.75, 3.05) is 7.11 Å². The molecule has 34 heavy (non-hydrogen) atoms. The Balaban J connectivity index is 1.98. The smallest absolute Gasteiger partial charge is 0.320 e. The lowest BCUT2D eigenvalue weighted by atomic mass is 9.68. The topological polar surface area (TPSA) is 72.9 Å². The highest BCUT2D eigenvalue weighted by Gasteiger charge is 2.65. The Bertz CT molecular complexity index is 1120. The Morgan fingerprint density at radius 2 is 1.32 bits per heavy atom. The Kier molecular flexibility index (Phi) is 6.50. The summed E-state index contributed by atoms with van der Waals surface area (Å²) in [4.78, 5) is 40.6. The lowest BCUT2D eigenvalue weighted by Crippen LogP contribution is -2.72. The minimum Gasteiger partial charge on any atom is -0.468 e. The second-order valence-corrected chi connectivity index (χ2v) is 8.34. The summed E-state index contributed by atoms with van der Waals surface area (Å²) in [6.45, 7) is 3.24. The lowest BCUT2D eigenvalue weighted by molar-refractivity contribution is -0.200. The molecule has 1 aliphatic rings. The van der Waals surface area contributed by atoms with Crippen molar-refractivity contribution in [2.24, 2.45) is 5.92 Å². The first kappa shape index (κ1) is 23.2. The fourth-order valence-corrected chi connectivity index (χ4v) is 4.91. The summed E-state index contributed by atoms with van der Waals surface area (Å²) in [5.41, 5.74) is 0.799. The minimum atomic E-state index is -1.43. The number of carbonyl (C=O) groups excluding carboxylic acids is 3. The van der Waals surface area contributed by atoms with Gasteiger partial charge in [0.15, 0.2) is 11.5 Å². The average Bonchev–Trinajstić information content (AvgIpc) is 2.87. The molecule has 0 aliphatic carbocycles. The summed E-state index contributed by atoms with van der Waals surface area (Å²) in [6, 6.07) is 26.8. The van der Waals surface area contributed by atoms with Crippen LogP contribution in [0.1, 0.15) is 36.6 Å². The Hall–Kier alpha value is -3.93. The van der Waals surface area contributed by atoms with E-state index in [1.165, 1.54) is 14.0 Å². The van der Waals surface area contributed by atoms with Gasteiger partial charge in [0.25, 0.3) is 0 Å². The van der Waals surface area contributed by atoms with E-state index in [4.69, 9.17) is 9.47 Å². The highest BCUT2D eigenvalue weighted by atomic mass is 16.6. The van der Waals surface area contributed by atoms with Crippen LogP contribution in [0.25, 0.3) is 0 Å². The molecule has 0 aromatic heterocycles. The standard InChI is InChI=1S/C28H27NO5/c1-19(21-13-7-4-8-14-21)29-25(24(26(29)31)27(32)33-3)28(34-20(2)30,22-15-9-5-10-16-22)23-17-11-6-12-18-23/h4-19,24-25H,1-3H3/t19-,24+,25-/m0/s1. The number of carbonyl (C=O) groups is 3. The Morgan fingerprint density at radius 1 is 0.853 bits per heavy atom. The number of methoxy groups -OCH3 is 1. The molecular weight excluding hydrogens is 430 g/mol. The largest absolute Gasteiger partial charge is 0.468 e. The first-order valence-corrected chi connectivity index (χ1v) is 11.2. The lowest BCUT2D eigenvalue weighted by Gasteiger charge is -2.56. The van der Waals surface area contributed by atoms with Crippen molar-refractivity contribution >= 4 is 17.8 Å². The third-order valence-electron chi connectivity index (χ3n) is 6.42. The van der Waals surface area contributed by atoms with Crippen LogP contribution in [0.3, 0.4) is 0 Å². The number of hydrogen-bond acceptors (Lipinski definition) is 5. The number of β-lactam (4-membered cyclic amide) rings is 1. The zero-order chi connectivity index (χ0) is 24.3. The van der Waals surface area contributed by atoms with Gasteiger partial charge in [-0.1, -0.05) is 91.0 Å². The second-order valence-electron chi connectivity index (χ2n) is 8.34. The molecule has 6 nitrogen and oxygen atoms in total. The van der Waals surface area contributed by atoms with Crippen LogP contribution in [-0.2, 0) is 29.5 Å². The molecular formula is C28H27NO5. The summed E-state index contributed by atoms with van der Waals surface area (Å²) in [7, 11) is 1.26. The SMILES string of the molecule is COC(=O)[C@H]1C(=O)N([C@@H](C)c2ccccc2)[C@@H]1C(OC(C)=O)(c1ccccc1)c1ccccc1. The van der Waals surface area contributed by atoms with Gasteiger partial charge in [-0.15, -0.1) is 0 Å². The molecule has 174 valence electrons. The van der Waals surface area contributed by atoms with E-state index in [-0.39, 0.29) is 11.9 Å². The molecule has 1 saturated heterocycles. The fraction of sp³-hybridized carbons (Fsp3) is 0.250. The van der Waals surface area contributed by atoms with Crippen molar-refractivity contribution in [3.05, 3.63) is 108 Å².